The van der Waals surface area contributed by atoms with Crippen molar-refractivity contribution >= 4 is 38.9 Å². The van der Waals surface area contributed by atoms with Gasteiger partial charge in [0.1, 0.15) is 18.2 Å². The maximum Gasteiger partial charge on any atom is 0.354 e. The first-order chi connectivity index (χ1) is 21.0. The lowest BCUT2D eigenvalue weighted by Gasteiger charge is -2.35. The molecule has 5 rings (SSSR count). The van der Waals surface area contributed by atoms with Crippen molar-refractivity contribution < 1.29 is 49.4 Å². The number of carboxylic acid groups (broad SMARTS) is 1. The first-order valence-corrected chi connectivity index (χ1v) is 16.3. The number of benzene rings is 2. The summed E-state index contributed by atoms with van der Waals surface area (Å²) in [5, 5.41) is 8.92. The molecule has 0 amide bonds. The maximum absolute atomic E-state index is 16.0. The molecule has 1 N–H and O–H groups in total. The number of ether oxygens (including phenoxy) is 1. The van der Waals surface area contributed by atoms with Gasteiger partial charge in [0.15, 0.2) is 5.69 Å². The third kappa shape index (κ3) is 7.35. The van der Waals surface area contributed by atoms with Gasteiger partial charge in [0.05, 0.1) is 15.5 Å². The van der Waals surface area contributed by atoms with Crippen molar-refractivity contribution in [2.24, 2.45) is 5.92 Å². The number of rotatable bonds is 10. The molecule has 0 unspecified atom stereocenters. The number of fused-ring (bicyclic) bond motifs is 1. The molecule has 0 spiro atoms. The number of carbonyl (C=O) groups is 1. The van der Waals surface area contributed by atoms with Crippen LogP contribution in [0.1, 0.15) is 48.7 Å². The van der Waals surface area contributed by atoms with Gasteiger partial charge in [0, 0.05) is 60.5 Å². The Bertz CT molecular complexity index is 1680. The highest BCUT2D eigenvalue weighted by molar-refractivity contribution is 8.00. The molecule has 2 atom stereocenters. The Kier molecular flexibility index (Phi) is 9.06. The molecule has 1 aliphatic carbocycles. The Labute approximate surface area is 259 Å². The SMILES string of the molecule is CC(F)(F)CC[C@@H]1CN(c2ccc(F)cc2)c2cc(SC3CC(F)(F)C3)c(OCc3cccnc3C(=O)O)cc2S(=O)(=O)[C@@H]1F. The summed E-state index contributed by atoms with van der Waals surface area (Å²) in [6.45, 7) is -0.122. The summed E-state index contributed by atoms with van der Waals surface area (Å²) in [6.07, 6.45) is -0.934. The van der Waals surface area contributed by atoms with Crippen LogP contribution < -0.4 is 9.64 Å². The van der Waals surface area contributed by atoms with Crippen LogP contribution in [0.15, 0.2) is 64.5 Å². The average molecular weight is 675 g/mol. The van der Waals surface area contributed by atoms with Crippen LogP contribution in [0, 0.1) is 11.7 Å². The molecule has 45 heavy (non-hydrogen) atoms. The van der Waals surface area contributed by atoms with Crippen molar-refractivity contribution in [3.8, 4) is 5.75 Å². The molecule has 1 aliphatic heterocycles. The third-order valence-corrected chi connectivity index (χ3v) is 10.8. The van der Waals surface area contributed by atoms with E-state index < -0.39 is 87.3 Å². The van der Waals surface area contributed by atoms with Crippen LogP contribution >= 0.6 is 11.8 Å². The van der Waals surface area contributed by atoms with Crippen LogP contribution in [-0.2, 0) is 16.4 Å². The van der Waals surface area contributed by atoms with E-state index in [1.165, 1.54) is 41.4 Å². The minimum atomic E-state index is -4.85. The molecule has 2 aliphatic rings. The molecule has 2 heterocycles. The Morgan fingerprint density at radius 1 is 1.18 bits per heavy atom. The molecular formula is C30H28F6N2O5S2. The van der Waals surface area contributed by atoms with Gasteiger partial charge in [-0.05, 0) is 49.7 Å². The highest BCUT2D eigenvalue weighted by atomic mass is 32.2. The van der Waals surface area contributed by atoms with Crippen molar-refractivity contribution in [1.29, 1.82) is 0 Å². The lowest BCUT2D eigenvalue weighted by Crippen LogP contribution is -2.37. The second-order valence-corrected chi connectivity index (χ2v) is 14.6. The average Bonchev–Trinajstić information content (AvgIpc) is 3.02. The summed E-state index contributed by atoms with van der Waals surface area (Å²) >= 11 is 0.988. The number of hydrogen-bond donors (Lipinski definition) is 1. The number of alkyl halides is 5. The standard InChI is InChI=1S/C30H28F6N2O5S2/c1-29(33,34)9-8-17-15-38(20-6-4-19(31)5-7-20)22-11-24(44-21-13-30(35,36)14-21)23(12-25(22)45(41,42)27(17)32)43-16-18-3-2-10-37-26(18)28(39)40/h2-7,10-12,17,21,27H,8-9,13-16H2,1H3,(H,39,40)/t17-,27+/m1/s1. The second kappa shape index (κ2) is 12.4. The molecule has 0 saturated heterocycles. The number of nitrogens with zero attached hydrogens (tertiary/aromatic N) is 2. The molecule has 15 heteroatoms. The number of aromatic nitrogens is 1. The van der Waals surface area contributed by atoms with Gasteiger partial charge < -0.3 is 14.7 Å². The van der Waals surface area contributed by atoms with E-state index in [1.54, 1.807) is 0 Å². The van der Waals surface area contributed by atoms with E-state index in [0.29, 0.717) is 6.92 Å². The van der Waals surface area contributed by atoms with E-state index >= 15 is 4.39 Å². The van der Waals surface area contributed by atoms with Crippen molar-refractivity contribution in [1.82, 2.24) is 4.98 Å². The van der Waals surface area contributed by atoms with Crippen LogP contribution in [0.3, 0.4) is 0 Å². The molecule has 3 aromatic rings. The Hall–Kier alpha value is -3.46. The number of anilines is 2. The van der Waals surface area contributed by atoms with Crippen LogP contribution in [0.25, 0.3) is 0 Å². The fraction of sp³-hybridized carbons (Fsp3) is 0.400. The minimum absolute atomic E-state index is 0.0662. The molecule has 1 aromatic heterocycles. The highest BCUT2D eigenvalue weighted by Crippen LogP contribution is 2.51. The van der Waals surface area contributed by atoms with Crippen molar-refractivity contribution in [2.75, 3.05) is 11.4 Å². The van der Waals surface area contributed by atoms with Crippen LogP contribution in [0.2, 0.25) is 0 Å². The van der Waals surface area contributed by atoms with Crippen molar-refractivity contribution in [3.63, 3.8) is 0 Å². The van der Waals surface area contributed by atoms with Gasteiger partial charge in [-0.25, -0.2) is 44.5 Å². The number of thioether (sulfide) groups is 1. The predicted molar refractivity (Wildman–Crippen MR) is 155 cm³/mol. The largest absolute Gasteiger partial charge is 0.488 e. The summed E-state index contributed by atoms with van der Waals surface area (Å²) < 4.78 is 118. The van der Waals surface area contributed by atoms with E-state index in [0.717, 1.165) is 30.0 Å². The van der Waals surface area contributed by atoms with Crippen LogP contribution in [-0.4, -0.2) is 53.6 Å². The van der Waals surface area contributed by atoms with Gasteiger partial charge in [0.25, 0.3) is 0 Å². The molecule has 0 radical (unpaired) electrons. The number of halogens is 6. The molecule has 1 saturated carbocycles. The third-order valence-electron chi connectivity index (χ3n) is 7.62. The lowest BCUT2D eigenvalue weighted by molar-refractivity contribution is -0.0667. The smallest absolute Gasteiger partial charge is 0.354 e. The molecule has 242 valence electrons. The minimum Gasteiger partial charge on any atom is -0.488 e. The first-order valence-electron chi connectivity index (χ1n) is 13.9. The molecule has 0 bridgehead atoms. The summed E-state index contributed by atoms with van der Waals surface area (Å²) in [5.41, 5.74) is -2.61. The van der Waals surface area contributed by atoms with Crippen molar-refractivity contribution in [3.05, 3.63) is 71.8 Å². The van der Waals surface area contributed by atoms with Crippen LogP contribution in [0.4, 0.5) is 37.7 Å². The topological polar surface area (TPSA) is 96.8 Å². The number of sulfone groups is 1. The number of pyridine rings is 1. The van der Waals surface area contributed by atoms with Gasteiger partial charge in [-0.1, -0.05) is 6.07 Å². The van der Waals surface area contributed by atoms with Crippen molar-refractivity contribution in [2.45, 2.75) is 71.6 Å². The van der Waals surface area contributed by atoms with E-state index in [4.69, 9.17) is 4.74 Å². The van der Waals surface area contributed by atoms with E-state index in [1.807, 2.05) is 0 Å². The fourth-order valence-electron chi connectivity index (χ4n) is 5.26. The van der Waals surface area contributed by atoms with Gasteiger partial charge >= 0.3 is 5.97 Å². The Morgan fingerprint density at radius 2 is 1.87 bits per heavy atom. The van der Waals surface area contributed by atoms with E-state index in [2.05, 4.69) is 4.98 Å². The summed E-state index contributed by atoms with van der Waals surface area (Å²) in [4.78, 5) is 16.5. The maximum atomic E-state index is 16.0. The quantitative estimate of drug-likeness (QED) is 0.219. The summed E-state index contributed by atoms with van der Waals surface area (Å²) in [5.74, 6) is -9.58. The number of aromatic carboxylic acids is 1. The van der Waals surface area contributed by atoms with Gasteiger partial charge in [-0.3, -0.25) is 0 Å². The summed E-state index contributed by atoms with van der Waals surface area (Å²) in [7, 11) is -4.85. The molecule has 7 nitrogen and oxygen atoms in total. The first kappa shape index (κ1) is 32.9. The highest BCUT2D eigenvalue weighted by Gasteiger charge is 2.47. The van der Waals surface area contributed by atoms with E-state index in [9.17, 15) is 40.3 Å². The van der Waals surface area contributed by atoms with Gasteiger partial charge in [0.2, 0.25) is 27.2 Å². The lowest BCUT2D eigenvalue weighted by atomic mass is 9.94. The monoisotopic (exact) mass is 674 g/mol. The van der Waals surface area contributed by atoms with Gasteiger partial charge in [-0.2, -0.15) is 0 Å². The predicted octanol–water partition coefficient (Wildman–Crippen LogP) is 7.66. The molecule has 1 fully saturated rings. The summed E-state index contributed by atoms with van der Waals surface area (Å²) in [6, 6.07) is 10.1. The fourth-order valence-corrected chi connectivity index (χ4v) is 8.39. The van der Waals surface area contributed by atoms with Crippen LogP contribution in [0.5, 0.6) is 5.75 Å². The Balaban J connectivity index is 1.63. The van der Waals surface area contributed by atoms with E-state index in [-0.39, 0.29) is 39.8 Å². The number of hydrogen-bond acceptors (Lipinski definition) is 7. The Morgan fingerprint density at radius 3 is 2.49 bits per heavy atom. The second-order valence-electron chi connectivity index (χ2n) is 11.2. The molecular weight excluding hydrogens is 646 g/mol. The van der Waals surface area contributed by atoms with Gasteiger partial charge in [-0.15, -0.1) is 11.8 Å². The normalized spacial score (nSPS) is 21.0. The zero-order valence-corrected chi connectivity index (χ0v) is 25.4. The number of carboxylic acids is 1. The molecule has 2 aromatic carbocycles. The zero-order valence-electron chi connectivity index (χ0n) is 23.7. The zero-order chi connectivity index (χ0) is 32.7.